The Kier molecular flexibility index (Phi) is 5.38. The van der Waals surface area contributed by atoms with Crippen molar-refractivity contribution in [2.24, 2.45) is 0 Å². The van der Waals surface area contributed by atoms with Crippen LogP contribution in [0.1, 0.15) is 18.7 Å². The molecule has 2 aromatic rings. The molecule has 2 aliphatic heterocycles. The average molecular weight is 433 g/mol. The number of rotatable bonds is 4. The zero-order chi connectivity index (χ0) is 20.7. The van der Waals surface area contributed by atoms with Crippen molar-refractivity contribution >= 4 is 46.0 Å². The monoisotopic (exact) mass is 432 g/mol. The fraction of sp³-hybridized carbons (Fsp3) is 0.333. The van der Waals surface area contributed by atoms with Crippen molar-refractivity contribution in [3.8, 4) is 5.75 Å². The largest absolute Gasteiger partial charge is 0.495 e. The van der Waals surface area contributed by atoms with Crippen molar-refractivity contribution in [1.82, 2.24) is 4.90 Å². The predicted molar refractivity (Wildman–Crippen MR) is 113 cm³/mol. The molecule has 29 heavy (non-hydrogen) atoms. The molecule has 1 saturated heterocycles. The molecule has 2 aliphatic rings. The molecule has 0 N–H and O–H groups in total. The van der Waals surface area contributed by atoms with Gasteiger partial charge in [-0.2, -0.15) is 0 Å². The number of benzene rings is 1. The van der Waals surface area contributed by atoms with Gasteiger partial charge in [-0.15, -0.1) is 11.3 Å². The third kappa shape index (κ3) is 3.54. The minimum absolute atomic E-state index is 0.0477. The number of carbonyl (C=O) groups is 2. The van der Waals surface area contributed by atoms with Gasteiger partial charge in [-0.1, -0.05) is 17.7 Å². The molecule has 2 unspecified atom stereocenters. The summed E-state index contributed by atoms with van der Waals surface area (Å²) in [7, 11) is 1.50. The zero-order valence-electron chi connectivity index (χ0n) is 16.3. The summed E-state index contributed by atoms with van der Waals surface area (Å²) in [5.41, 5.74) is 1.16. The van der Waals surface area contributed by atoms with Crippen molar-refractivity contribution in [3.05, 3.63) is 51.3 Å². The number of amides is 2. The molecule has 2 amide bonds. The van der Waals surface area contributed by atoms with E-state index in [2.05, 4.69) is 0 Å². The Labute approximate surface area is 178 Å². The molecule has 152 valence electrons. The van der Waals surface area contributed by atoms with Crippen molar-refractivity contribution in [2.45, 2.75) is 26.1 Å². The molecule has 2 atom stereocenters. The van der Waals surface area contributed by atoms with Crippen LogP contribution in [0.2, 0.25) is 5.02 Å². The highest BCUT2D eigenvalue weighted by Crippen LogP contribution is 2.41. The Morgan fingerprint density at radius 2 is 1.86 bits per heavy atom. The van der Waals surface area contributed by atoms with E-state index < -0.39 is 0 Å². The Bertz CT molecular complexity index is 979. The van der Waals surface area contributed by atoms with E-state index in [-0.39, 0.29) is 24.0 Å². The molecule has 0 spiro atoms. The number of hydrogen-bond donors (Lipinski definition) is 0. The number of thiophene rings is 1. The third-order valence-electron chi connectivity index (χ3n) is 4.94. The number of hydrogen-bond acceptors (Lipinski definition) is 6. The summed E-state index contributed by atoms with van der Waals surface area (Å²) < 4.78 is 11.2. The van der Waals surface area contributed by atoms with Gasteiger partial charge in [0.1, 0.15) is 11.4 Å². The molecular formula is C21H21ClN2O4S. The molecule has 1 aromatic carbocycles. The Morgan fingerprint density at radius 1 is 1.14 bits per heavy atom. The van der Waals surface area contributed by atoms with Crippen LogP contribution >= 0.6 is 22.9 Å². The SMILES string of the molecule is COc1ccc(Cl)cc1N1C(=O)C(c2cccs2)=C(N2CC(C)OC(C)C2)C1=O. The maximum atomic E-state index is 13.6. The van der Waals surface area contributed by atoms with Crippen LogP contribution < -0.4 is 9.64 Å². The van der Waals surface area contributed by atoms with Crippen molar-refractivity contribution in [2.75, 3.05) is 25.1 Å². The van der Waals surface area contributed by atoms with Gasteiger partial charge in [0.25, 0.3) is 11.8 Å². The van der Waals surface area contributed by atoms with Gasteiger partial charge < -0.3 is 14.4 Å². The Morgan fingerprint density at radius 3 is 2.48 bits per heavy atom. The van der Waals surface area contributed by atoms with Crippen molar-refractivity contribution in [3.63, 3.8) is 0 Å². The first-order valence-corrected chi connectivity index (χ1v) is 10.6. The smallest absolute Gasteiger partial charge is 0.282 e. The number of ether oxygens (including phenoxy) is 2. The normalized spacial score (nSPS) is 22.6. The van der Waals surface area contributed by atoms with Crippen LogP contribution in [0.15, 0.2) is 41.4 Å². The van der Waals surface area contributed by atoms with E-state index in [0.29, 0.717) is 40.8 Å². The molecule has 0 saturated carbocycles. The molecule has 1 aromatic heterocycles. The second-order valence-electron chi connectivity index (χ2n) is 7.13. The lowest BCUT2D eigenvalue weighted by molar-refractivity contribution is -0.121. The number of anilines is 1. The van der Waals surface area contributed by atoms with E-state index >= 15 is 0 Å². The lowest BCUT2D eigenvalue weighted by Crippen LogP contribution is -2.47. The van der Waals surface area contributed by atoms with E-state index in [0.717, 1.165) is 4.88 Å². The van der Waals surface area contributed by atoms with Crippen LogP contribution in [-0.2, 0) is 14.3 Å². The van der Waals surface area contributed by atoms with Crippen molar-refractivity contribution < 1.29 is 19.1 Å². The van der Waals surface area contributed by atoms with Gasteiger partial charge in [-0.05, 0) is 43.5 Å². The summed E-state index contributed by atoms with van der Waals surface area (Å²) in [5.74, 6) is -0.341. The van der Waals surface area contributed by atoms with Gasteiger partial charge in [0.2, 0.25) is 0 Å². The van der Waals surface area contributed by atoms with Crippen LogP contribution in [0, 0.1) is 0 Å². The molecule has 6 nitrogen and oxygen atoms in total. The van der Waals surface area contributed by atoms with E-state index in [1.54, 1.807) is 18.2 Å². The molecule has 0 aliphatic carbocycles. The molecular weight excluding hydrogens is 412 g/mol. The van der Waals surface area contributed by atoms with Gasteiger partial charge >= 0.3 is 0 Å². The first-order valence-electron chi connectivity index (χ1n) is 9.31. The highest BCUT2D eigenvalue weighted by molar-refractivity contribution is 7.11. The summed E-state index contributed by atoms with van der Waals surface area (Å²) in [4.78, 5) is 31.0. The first kappa shape index (κ1) is 19.9. The van der Waals surface area contributed by atoms with Crippen LogP contribution in [-0.4, -0.2) is 49.1 Å². The lowest BCUT2D eigenvalue weighted by atomic mass is 10.1. The third-order valence-corrected chi connectivity index (χ3v) is 6.07. The van der Waals surface area contributed by atoms with Gasteiger partial charge in [-0.3, -0.25) is 9.59 Å². The molecule has 0 bridgehead atoms. The molecule has 3 heterocycles. The Hall–Kier alpha value is -2.35. The summed E-state index contributed by atoms with van der Waals surface area (Å²) in [6, 6.07) is 8.62. The summed E-state index contributed by atoms with van der Waals surface area (Å²) >= 11 is 7.60. The number of methoxy groups -OCH3 is 1. The molecule has 0 radical (unpaired) electrons. The van der Waals surface area contributed by atoms with Gasteiger partial charge in [0, 0.05) is 23.0 Å². The summed E-state index contributed by atoms with van der Waals surface area (Å²) in [6.45, 7) is 5.00. The lowest BCUT2D eigenvalue weighted by Gasteiger charge is -2.37. The number of halogens is 1. The standard InChI is InChI=1S/C21H21ClN2O4S/c1-12-10-23(11-13(2)28-12)19-18(17-5-4-8-29-17)20(25)24(21(19)26)15-9-14(22)6-7-16(15)27-3/h4-9,12-13H,10-11H2,1-3H3. The van der Waals surface area contributed by atoms with Crippen LogP contribution in [0.4, 0.5) is 5.69 Å². The summed E-state index contributed by atoms with van der Waals surface area (Å²) in [5, 5.41) is 2.31. The summed E-state index contributed by atoms with van der Waals surface area (Å²) in [6.07, 6.45) is -0.0954. The fourth-order valence-electron chi connectivity index (χ4n) is 3.87. The minimum atomic E-state index is -0.375. The minimum Gasteiger partial charge on any atom is -0.495 e. The van der Waals surface area contributed by atoms with Gasteiger partial charge in [-0.25, -0.2) is 4.90 Å². The van der Waals surface area contributed by atoms with Crippen LogP contribution in [0.5, 0.6) is 5.75 Å². The fourth-order valence-corrected chi connectivity index (χ4v) is 4.80. The second-order valence-corrected chi connectivity index (χ2v) is 8.51. The quantitative estimate of drug-likeness (QED) is 0.688. The maximum absolute atomic E-state index is 13.6. The molecule has 4 rings (SSSR count). The Balaban J connectivity index is 1.84. The van der Waals surface area contributed by atoms with Gasteiger partial charge in [0.05, 0.1) is 30.6 Å². The van der Waals surface area contributed by atoms with E-state index in [9.17, 15) is 9.59 Å². The van der Waals surface area contributed by atoms with Crippen LogP contribution in [0.25, 0.3) is 5.57 Å². The zero-order valence-corrected chi connectivity index (χ0v) is 17.9. The maximum Gasteiger partial charge on any atom is 0.282 e. The average Bonchev–Trinajstić information content (AvgIpc) is 3.27. The highest BCUT2D eigenvalue weighted by atomic mass is 35.5. The van der Waals surface area contributed by atoms with E-state index in [1.807, 2.05) is 36.3 Å². The van der Waals surface area contributed by atoms with E-state index in [1.165, 1.54) is 23.3 Å². The first-order chi connectivity index (χ1) is 13.9. The number of nitrogens with zero attached hydrogens (tertiary/aromatic N) is 2. The van der Waals surface area contributed by atoms with E-state index in [4.69, 9.17) is 21.1 Å². The predicted octanol–water partition coefficient (Wildman–Crippen LogP) is 3.80. The van der Waals surface area contributed by atoms with Crippen LogP contribution in [0.3, 0.4) is 0 Å². The molecule has 8 heteroatoms. The number of carbonyl (C=O) groups excluding carboxylic acids is 2. The topological polar surface area (TPSA) is 59.1 Å². The highest BCUT2D eigenvalue weighted by Gasteiger charge is 2.45. The second kappa shape index (κ2) is 7.82. The number of imide groups is 1. The van der Waals surface area contributed by atoms with Crippen molar-refractivity contribution in [1.29, 1.82) is 0 Å². The molecule has 1 fully saturated rings. The number of morpholine rings is 1. The van der Waals surface area contributed by atoms with Gasteiger partial charge in [0.15, 0.2) is 0 Å².